The first kappa shape index (κ1) is 21.4. The zero-order valence-electron chi connectivity index (χ0n) is 17.4. The summed E-state index contributed by atoms with van der Waals surface area (Å²) in [5.74, 6) is -0.172. The van der Waals surface area contributed by atoms with Gasteiger partial charge in [-0.25, -0.2) is 4.68 Å². The highest BCUT2D eigenvalue weighted by molar-refractivity contribution is 6.04. The van der Waals surface area contributed by atoms with E-state index in [1.54, 1.807) is 54.6 Å². The number of rotatable bonds is 3. The third-order valence-electron chi connectivity index (χ3n) is 4.48. The maximum absolute atomic E-state index is 11.8. The number of nitrogens with one attached hydrogen (secondary N) is 2. The Balaban J connectivity index is 0.000000179. The van der Waals surface area contributed by atoms with E-state index in [0.29, 0.717) is 22.6 Å². The smallest absolute Gasteiger partial charge is 0.271 e. The van der Waals surface area contributed by atoms with E-state index in [-0.39, 0.29) is 11.5 Å². The highest BCUT2D eigenvalue weighted by Crippen LogP contribution is 2.13. The van der Waals surface area contributed by atoms with Crippen LogP contribution in [0.25, 0.3) is 5.69 Å². The predicted octanol–water partition coefficient (Wildman–Crippen LogP) is 3.89. The average Bonchev–Trinajstić information content (AvgIpc) is 3.09. The van der Waals surface area contributed by atoms with Gasteiger partial charge in [-0.15, -0.1) is 0 Å². The number of nitrogens with two attached hydrogens (primary N) is 2. The number of hydrogen-bond donors (Lipinski definition) is 4. The summed E-state index contributed by atoms with van der Waals surface area (Å²) in [5, 5.41) is 5.75. The summed E-state index contributed by atoms with van der Waals surface area (Å²) in [6, 6.07) is 23.1. The van der Waals surface area contributed by atoms with Gasteiger partial charge >= 0.3 is 0 Å². The van der Waals surface area contributed by atoms with Gasteiger partial charge in [0, 0.05) is 34.4 Å². The maximum Gasteiger partial charge on any atom is 0.271 e. The fraction of sp³-hybridized carbons (Fsp3) is 0.0833. The molecule has 0 radical (unpaired) electrons. The second-order valence-electron chi connectivity index (χ2n) is 7.15. The molecule has 0 saturated heterocycles. The first-order chi connectivity index (χ1) is 14.8. The van der Waals surface area contributed by atoms with Crippen LogP contribution in [0.4, 0.5) is 17.1 Å². The number of carbonyl (C=O) groups is 1. The summed E-state index contributed by atoms with van der Waals surface area (Å²) in [5.41, 5.74) is 16.6. The lowest BCUT2D eigenvalue weighted by atomic mass is 10.2. The van der Waals surface area contributed by atoms with Crippen LogP contribution in [0, 0.1) is 13.8 Å². The Kier molecular flexibility index (Phi) is 6.57. The van der Waals surface area contributed by atoms with E-state index in [1.807, 2.05) is 38.1 Å². The predicted molar refractivity (Wildman–Crippen MR) is 126 cm³/mol. The SMILES string of the molecule is Cc1ccc(-n2[nH]c(C)cc2=O)cc1.Nc1ccc(NC(=O)c2ccc(N)cc2)cc1. The lowest BCUT2D eigenvalue weighted by molar-refractivity contribution is 0.102. The average molecular weight is 415 g/mol. The summed E-state index contributed by atoms with van der Waals surface area (Å²) in [6.07, 6.45) is 0. The van der Waals surface area contributed by atoms with Crippen LogP contribution in [0.1, 0.15) is 21.6 Å². The minimum atomic E-state index is -0.172. The molecule has 3 aromatic carbocycles. The molecule has 6 N–H and O–H groups in total. The molecule has 7 nitrogen and oxygen atoms in total. The number of carbonyl (C=O) groups excluding carboxylic acids is 1. The molecule has 31 heavy (non-hydrogen) atoms. The number of H-pyrrole nitrogens is 1. The summed E-state index contributed by atoms with van der Waals surface area (Å²) in [6.45, 7) is 3.89. The van der Waals surface area contributed by atoms with Crippen molar-refractivity contribution in [2.24, 2.45) is 0 Å². The Bertz CT molecular complexity index is 1200. The fourth-order valence-electron chi connectivity index (χ4n) is 2.80. The second-order valence-corrected chi connectivity index (χ2v) is 7.15. The van der Waals surface area contributed by atoms with Crippen LogP contribution in [0.15, 0.2) is 83.7 Å². The van der Waals surface area contributed by atoms with Gasteiger partial charge < -0.3 is 16.8 Å². The summed E-state index contributed by atoms with van der Waals surface area (Å²) in [4.78, 5) is 23.3. The Hall–Kier alpha value is -4.26. The van der Waals surface area contributed by atoms with Crippen molar-refractivity contribution in [3.8, 4) is 5.69 Å². The van der Waals surface area contributed by atoms with Crippen molar-refractivity contribution in [2.45, 2.75) is 13.8 Å². The van der Waals surface area contributed by atoms with Gasteiger partial charge in [0.25, 0.3) is 11.5 Å². The minimum absolute atomic E-state index is 0.0219. The van der Waals surface area contributed by atoms with Crippen molar-refractivity contribution >= 4 is 23.0 Å². The molecule has 0 spiro atoms. The molecule has 1 amide bonds. The Morgan fingerprint density at radius 3 is 1.90 bits per heavy atom. The molecule has 4 aromatic rings. The van der Waals surface area contributed by atoms with Crippen LogP contribution >= 0.6 is 0 Å². The van der Waals surface area contributed by atoms with E-state index in [4.69, 9.17) is 11.5 Å². The molecule has 0 saturated carbocycles. The molecule has 7 heteroatoms. The van der Waals surface area contributed by atoms with Gasteiger partial charge in [0.15, 0.2) is 0 Å². The Morgan fingerprint density at radius 1 is 0.839 bits per heavy atom. The molecule has 0 atom stereocenters. The highest BCUT2D eigenvalue weighted by Gasteiger charge is 2.05. The highest BCUT2D eigenvalue weighted by atomic mass is 16.1. The number of nitrogens with zero attached hydrogens (tertiary/aromatic N) is 1. The summed E-state index contributed by atoms with van der Waals surface area (Å²) >= 11 is 0. The van der Waals surface area contributed by atoms with Crippen LogP contribution in [-0.4, -0.2) is 15.7 Å². The molecule has 0 aliphatic heterocycles. The molecule has 0 unspecified atom stereocenters. The van der Waals surface area contributed by atoms with Crippen LogP contribution in [0.3, 0.4) is 0 Å². The third kappa shape index (κ3) is 5.86. The third-order valence-corrected chi connectivity index (χ3v) is 4.48. The van der Waals surface area contributed by atoms with E-state index in [1.165, 1.54) is 10.2 Å². The Morgan fingerprint density at radius 2 is 1.39 bits per heavy atom. The number of amides is 1. The second kappa shape index (κ2) is 9.49. The monoisotopic (exact) mass is 415 g/mol. The van der Waals surface area contributed by atoms with E-state index >= 15 is 0 Å². The summed E-state index contributed by atoms with van der Waals surface area (Å²) in [7, 11) is 0. The number of hydrogen-bond acceptors (Lipinski definition) is 4. The maximum atomic E-state index is 11.8. The molecular formula is C24H25N5O2. The van der Waals surface area contributed by atoms with Crippen molar-refractivity contribution in [1.82, 2.24) is 9.78 Å². The molecule has 0 aliphatic carbocycles. The lowest BCUT2D eigenvalue weighted by Gasteiger charge is -2.05. The van der Waals surface area contributed by atoms with Crippen LogP contribution in [0.2, 0.25) is 0 Å². The number of nitrogen functional groups attached to an aromatic ring is 2. The molecule has 1 heterocycles. The van der Waals surface area contributed by atoms with Gasteiger partial charge in [0.1, 0.15) is 0 Å². The largest absolute Gasteiger partial charge is 0.399 e. The lowest BCUT2D eigenvalue weighted by Crippen LogP contribution is -2.13. The van der Waals surface area contributed by atoms with Crippen molar-refractivity contribution in [3.63, 3.8) is 0 Å². The number of aromatic amines is 1. The van der Waals surface area contributed by atoms with Gasteiger partial charge in [0.05, 0.1) is 5.69 Å². The van der Waals surface area contributed by atoms with E-state index in [2.05, 4.69) is 10.4 Å². The first-order valence-corrected chi connectivity index (χ1v) is 9.70. The van der Waals surface area contributed by atoms with Crippen LogP contribution in [0.5, 0.6) is 0 Å². The molecule has 1 aromatic heterocycles. The molecule has 4 rings (SSSR count). The van der Waals surface area contributed by atoms with Gasteiger partial charge in [-0.2, -0.15) is 0 Å². The quantitative estimate of drug-likeness (QED) is 0.380. The topological polar surface area (TPSA) is 119 Å². The number of benzene rings is 3. The first-order valence-electron chi connectivity index (χ1n) is 9.70. The number of aromatic nitrogens is 2. The van der Waals surface area contributed by atoms with E-state index in [9.17, 15) is 9.59 Å². The van der Waals surface area contributed by atoms with Gasteiger partial charge in [-0.1, -0.05) is 17.7 Å². The van der Waals surface area contributed by atoms with Gasteiger partial charge in [-0.3, -0.25) is 14.7 Å². The van der Waals surface area contributed by atoms with Crippen molar-refractivity contribution in [1.29, 1.82) is 0 Å². The normalized spacial score (nSPS) is 10.1. The zero-order valence-corrected chi connectivity index (χ0v) is 17.4. The molecule has 158 valence electrons. The van der Waals surface area contributed by atoms with E-state index in [0.717, 1.165) is 11.4 Å². The number of anilines is 3. The van der Waals surface area contributed by atoms with Crippen molar-refractivity contribution < 1.29 is 4.79 Å². The van der Waals surface area contributed by atoms with Crippen LogP contribution < -0.4 is 22.3 Å². The standard InChI is InChI=1S/C13H13N3O.C11H12N2O/c14-10-3-1-9(2-4-10)13(17)16-12-7-5-11(15)6-8-12;1-8-3-5-10(6-4-8)13-11(14)7-9(2)12-13/h1-8H,14-15H2,(H,16,17);3-7,12H,1-2H3. The van der Waals surface area contributed by atoms with Crippen molar-refractivity contribution in [2.75, 3.05) is 16.8 Å². The van der Waals surface area contributed by atoms with Gasteiger partial charge in [-0.05, 0) is 74.5 Å². The molecule has 0 aliphatic rings. The molecular weight excluding hydrogens is 390 g/mol. The van der Waals surface area contributed by atoms with Crippen LogP contribution in [-0.2, 0) is 0 Å². The fourth-order valence-corrected chi connectivity index (χ4v) is 2.80. The summed E-state index contributed by atoms with van der Waals surface area (Å²) < 4.78 is 1.54. The van der Waals surface area contributed by atoms with Crippen molar-refractivity contribution in [3.05, 3.63) is 106 Å². The van der Waals surface area contributed by atoms with E-state index < -0.39 is 0 Å². The zero-order chi connectivity index (χ0) is 22.4. The van der Waals surface area contributed by atoms with Gasteiger partial charge in [0.2, 0.25) is 0 Å². The minimum Gasteiger partial charge on any atom is -0.399 e. The number of aryl methyl sites for hydroxylation is 2. The Labute approximate surface area is 180 Å². The molecule has 0 fully saturated rings. The molecule has 0 bridgehead atoms.